The molecule has 6 heteroatoms. The molecule has 136 valence electrons. The Labute approximate surface area is 131 Å². The van der Waals surface area contributed by atoms with Crippen LogP contribution in [0.5, 0.6) is 0 Å². The van der Waals surface area contributed by atoms with Crippen molar-refractivity contribution >= 4 is 0 Å². The van der Waals surface area contributed by atoms with Crippen molar-refractivity contribution in [2.75, 3.05) is 74.5 Å². The first kappa shape index (κ1) is 32.6. The van der Waals surface area contributed by atoms with Crippen molar-refractivity contribution in [2.24, 2.45) is 0 Å². The summed E-state index contributed by atoms with van der Waals surface area (Å²) in [5, 5.41) is 0. The van der Waals surface area contributed by atoms with E-state index in [1.54, 1.807) is 0 Å². The molecule has 0 radical (unpaired) electrons. The van der Waals surface area contributed by atoms with Crippen LogP contribution < -0.4 is 9.41 Å². The summed E-state index contributed by atoms with van der Waals surface area (Å²) >= 11 is 0. The van der Waals surface area contributed by atoms with E-state index in [0.717, 1.165) is 11.0 Å². The van der Waals surface area contributed by atoms with Crippen molar-refractivity contribution < 1.29 is 23.1 Å². The number of nitrogens with zero attached hydrogens (tertiary/aromatic N) is 3. The topological polar surface area (TPSA) is 3.24 Å². The average molecular weight is 319 g/mol. The van der Waals surface area contributed by atoms with E-state index in [1.807, 2.05) is 0 Å². The van der Waals surface area contributed by atoms with Crippen molar-refractivity contribution in [3.05, 3.63) is 0 Å². The Balaban J connectivity index is -0.0000000933. The fraction of sp³-hybridized carbons (Fsp3) is 1.00. The van der Waals surface area contributed by atoms with E-state index >= 15 is 0 Å². The number of halogens is 3. The summed E-state index contributed by atoms with van der Waals surface area (Å²) in [7, 11) is 10.9. The minimum atomic E-state index is 0. The molecular formula is C15H40F3N3. The highest BCUT2D eigenvalue weighted by Crippen LogP contribution is 2.06. The van der Waals surface area contributed by atoms with Gasteiger partial charge in [-0.15, -0.1) is 0 Å². The van der Waals surface area contributed by atoms with Crippen LogP contribution >= 0.6 is 0 Å². The van der Waals surface area contributed by atoms with Crippen LogP contribution in [0, 0.1) is 0 Å². The van der Waals surface area contributed by atoms with Crippen LogP contribution in [0.4, 0.5) is 4.70 Å². The molecule has 0 aliphatic rings. The Morgan fingerprint density at radius 3 is 1.14 bits per heavy atom. The standard InChI is InChI=1S/C11H28N2.C4H11N.3FH/c1-7-13(8-2,9-3)11-10-12(4,5)6;1-4-5(2)3;;;/h7-11H2,1-6H3;4H2,1-3H3;3*1H/q+2;;;;/p-2. The molecule has 0 heterocycles. The number of likely N-dealkylation sites (N-methyl/N-ethyl adjacent to an activating group) is 2. The van der Waals surface area contributed by atoms with E-state index in [0.29, 0.717) is 0 Å². The van der Waals surface area contributed by atoms with Gasteiger partial charge in [-0.05, 0) is 41.4 Å². The molecule has 0 N–H and O–H groups in total. The SMILES string of the molecule is CCN(C)C.CC[N+](CC)(CC)CC[N+](C)(C)C.F.[F-].[F-]. The third kappa shape index (κ3) is 19.7. The Bertz CT molecular complexity index is 183. The van der Waals surface area contributed by atoms with Gasteiger partial charge >= 0.3 is 0 Å². The molecular weight excluding hydrogens is 279 g/mol. The molecule has 0 aromatic heterocycles. The van der Waals surface area contributed by atoms with Crippen LogP contribution in [-0.2, 0) is 0 Å². The molecule has 0 saturated heterocycles. The highest BCUT2D eigenvalue weighted by molar-refractivity contribution is 4.37. The van der Waals surface area contributed by atoms with Gasteiger partial charge in [0.15, 0.2) is 0 Å². The van der Waals surface area contributed by atoms with Crippen molar-refractivity contribution in [1.29, 1.82) is 0 Å². The van der Waals surface area contributed by atoms with Gasteiger partial charge in [-0.25, -0.2) is 0 Å². The van der Waals surface area contributed by atoms with Crippen LogP contribution in [0.2, 0.25) is 0 Å². The molecule has 0 atom stereocenters. The molecule has 0 unspecified atom stereocenters. The molecule has 0 aromatic carbocycles. The quantitative estimate of drug-likeness (QED) is 0.437. The van der Waals surface area contributed by atoms with E-state index in [1.165, 1.54) is 37.2 Å². The van der Waals surface area contributed by atoms with E-state index in [4.69, 9.17) is 0 Å². The maximum absolute atomic E-state index is 2.31. The maximum atomic E-state index is 2.31. The van der Waals surface area contributed by atoms with Gasteiger partial charge in [0.1, 0.15) is 13.1 Å². The highest BCUT2D eigenvalue weighted by Gasteiger charge is 2.23. The summed E-state index contributed by atoms with van der Waals surface area (Å²) in [6.45, 7) is 16.6. The summed E-state index contributed by atoms with van der Waals surface area (Å²) in [5.74, 6) is 0. The fourth-order valence-electron chi connectivity index (χ4n) is 1.66. The summed E-state index contributed by atoms with van der Waals surface area (Å²) in [5.41, 5.74) is 0. The zero-order chi connectivity index (χ0) is 14.8. The first-order valence-electron chi connectivity index (χ1n) is 7.46. The van der Waals surface area contributed by atoms with Gasteiger partial charge in [-0.1, -0.05) is 6.92 Å². The van der Waals surface area contributed by atoms with Crippen LogP contribution in [0.15, 0.2) is 0 Å². The second-order valence-corrected chi connectivity index (χ2v) is 6.42. The smallest absolute Gasteiger partial charge is 0.128 e. The lowest BCUT2D eigenvalue weighted by molar-refractivity contribution is -0.957. The molecule has 0 fully saturated rings. The summed E-state index contributed by atoms with van der Waals surface area (Å²) in [6, 6.07) is 0. The second-order valence-electron chi connectivity index (χ2n) is 6.42. The minimum absolute atomic E-state index is 0. The van der Waals surface area contributed by atoms with E-state index < -0.39 is 0 Å². The molecule has 0 aliphatic carbocycles. The van der Waals surface area contributed by atoms with Crippen LogP contribution in [0.3, 0.4) is 0 Å². The van der Waals surface area contributed by atoms with E-state index in [9.17, 15) is 0 Å². The number of hydrogen-bond acceptors (Lipinski definition) is 1. The van der Waals surface area contributed by atoms with Gasteiger partial charge in [-0.3, -0.25) is 4.70 Å². The fourth-order valence-corrected chi connectivity index (χ4v) is 1.66. The van der Waals surface area contributed by atoms with Crippen molar-refractivity contribution in [2.45, 2.75) is 27.7 Å². The van der Waals surface area contributed by atoms with Gasteiger partial charge in [0.25, 0.3) is 0 Å². The van der Waals surface area contributed by atoms with Gasteiger partial charge < -0.3 is 23.3 Å². The van der Waals surface area contributed by atoms with Gasteiger partial charge in [0, 0.05) is 0 Å². The molecule has 0 amide bonds. The van der Waals surface area contributed by atoms with E-state index in [-0.39, 0.29) is 14.1 Å². The third-order valence-corrected chi connectivity index (χ3v) is 3.89. The monoisotopic (exact) mass is 319 g/mol. The first-order chi connectivity index (χ1) is 8.16. The molecule has 0 rings (SSSR count). The first-order valence-corrected chi connectivity index (χ1v) is 7.46. The lowest BCUT2D eigenvalue weighted by Gasteiger charge is -2.38. The van der Waals surface area contributed by atoms with Crippen LogP contribution in [-0.4, -0.2) is 88.4 Å². The highest BCUT2D eigenvalue weighted by atomic mass is 19.0. The molecule has 0 saturated carbocycles. The zero-order valence-electron chi connectivity index (χ0n) is 15.7. The molecule has 0 bridgehead atoms. The number of rotatable bonds is 7. The molecule has 21 heavy (non-hydrogen) atoms. The Morgan fingerprint density at radius 2 is 1.00 bits per heavy atom. The Morgan fingerprint density at radius 1 is 0.714 bits per heavy atom. The number of quaternary nitrogens is 2. The van der Waals surface area contributed by atoms with Gasteiger partial charge in [0.2, 0.25) is 0 Å². The molecule has 0 spiro atoms. The maximum Gasteiger partial charge on any atom is 0.128 e. The van der Waals surface area contributed by atoms with Gasteiger partial charge in [0.05, 0.1) is 40.8 Å². The molecule has 0 aliphatic heterocycles. The Kier molecular flexibility index (Phi) is 24.9. The summed E-state index contributed by atoms with van der Waals surface area (Å²) in [4.78, 5) is 2.12. The van der Waals surface area contributed by atoms with Crippen molar-refractivity contribution in [3.8, 4) is 0 Å². The normalized spacial score (nSPS) is 10.6. The average Bonchev–Trinajstić information content (AvgIpc) is 2.31. The van der Waals surface area contributed by atoms with Crippen LogP contribution in [0.1, 0.15) is 27.7 Å². The van der Waals surface area contributed by atoms with Crippen molar-refractivity contribution in [3.63, 3.8) is 0 Å². The molecule has 0 aromatic rings. The lowest BCUT2D eigenvalue weighted by Crippen LogP contribution is -3.00. The predicted octanol–water partition coefficient (Wildman–Crippen LogP) is -3.70. The third-order valence-electron chi connectivity index (χ3n) is 3.89. The molecule has 3 nitrogen and oxygen atoms in total. The van der Waals surface area contributed by atoms with Crippen molar-refractivity contribution in [1.82, 2.24) is 4.90 Å². The summed E-state index contributed by atoms with van der Waals surface area (Å²) < 4.78 is 2.36. The predicted molar refractivity (Wildman–Crippen MR) is 86.4 cm³/mol. The van der Waals surface area contributed by atoms with Gasteiger partial charge in [-0.2, -0.15) is 0 Å². The van der Waals surface area contributed by atoms with Crippen LogP contribution in [0.25, 0.3) is 0 Å². The second kappa shape index (κ2) is 16.0. The zero-order valence-corrected chi connectivity index (χ0v) is 15.7. The lowest BCUT2D eigenvalue weighted by atomic mass is 10.3. The minimum Gasteiger partial charge on any atom is -1.00 e. The number of hydrogen-bond donors (Lipinski definition) is 0. The summed E-state index contributed by atoms with van der Waals surface area (Å²) in [6.07, 6.45) is 0. The largest absolute Gasteiger partial charge is 1.00 e. The Hall–Kier alpha value is -0.330. The van der Waals surface area contributed by atoms with E-state index in [2.05, 4.69) is 67.8 Å².